The van der Waals surface area contributed by atoms with E-state index in [1.165, 1.54) is 12.7 Å². The molecule has 2 rings (SSSR count). The maximum absolute atomic E-state index is 11.4. The molecule has 1 aliphatic rings. The molecule has 1 amide bonds. The Morgan fingerprint density at radius 1 is 1.56 bits per heavy atom. The van der Waals surface area contributed by atoms with Gasteiger partial charge in [0.1, 0.15) is 12.4 Å². The van der Waals surface area contributed by atoms with Crippen molar-refractivity contribution in [1.29, 1.82) is 0 Å². The van der Waals surface area contributed by atoms with Crippen LogP contribution >= 0.6 is 0 Å². The van der Waals surface area contributed by atoms with Crippen molar-refractivity contribution in [2.75, 3.05) is 13.2 Å². The molecule has 1 atom stereocenters. The SMILES string of the molecule is NNC(=O)c1ccoc1COCC1CCCCO1. The second kappa shape index (κ2) is 6.53. The van der Waals surface area contributed by atoms with E-state index in [9.17, 15) is 4.79 Å². The number of furan rings is 1. The highest BCUT2D eigenvalue weighted by molar-refractivity contribution is 5.94. The number of hydrogen-bond acceptors (Lipinski definition) is 5. The van der Waals surface area contributed by atoms with E-state index < -0.39 is 0 Å². The first kappa shape index (κ1) is 13.1. The normalized spacial score (nSPS) is 19.7. The van der Waals surface area contributed by atoms with Gasteiger partial charge < -0.3 is 13.9 Å². The number of carbonyl (C=O) groups is 1. The summed E-state index contributed by atoms with van der Waals surface area (Å²) in [7, 11) is 0. The first-order chi connectivity index (χ1) is 8.81. The molecule has 1 unspecified atom stereocenters. The molecule has 3 N–H and O–H groups in total. The van der Waals surface area contributed by atoms with Crippen LogP contribution in [0, 0.1) is 0 Å². The zero-order valence-corrected chi connectivity index (χ0v) is 10.2. The van der Waals surface area contributed by atoms with Gasteiger partial charge in [0.25, 0.3) is 5.91 Å². The molecule has 6 heteroatoms. The molecule has 0 radical (unpaired) electrons. The van der Waals surface area contributed by atoms with E-state index in [1.807, 2.05) is 0 Å². The summed E-state index contributed by atoms with van der Waals surface area (Å²) >= 11 is 0. The lowest BCUT2D eigenvalue weighted by Gasteiger charge is -2.22. The Kier molecular flexibility index (Phi) is 4.74. The lowest BCUT2D eigenvalue weighted by atomic mass is 10.1. The Hall–Kier alpha value is -1.37. The summed E-state index contributed by atoms with van der Waals surface area (Å²) in [5, 5.41) is 0. The third kappa shape index (κ3) is 3.32. The number of nitrogens with two attached hydrogens (primary N) is 1. The molecule has 1 saturated heterocycles. The van der Waals surface area contributed by atoms with Crippen LogP contribution in [0.4, 0.5) is 0 Å². The van der Waals surface area contributed by atoms with Crippen molar-refractivity contribution in [2.45, 2.75) is 32.0 Å². The van der Waals surface area contributed by atoms with E-state index >= 15 is 0 Å². The Morgan fingerprint density at radius 3 is 3.17 bits per heavy atom. The Bertz CT molecular complexity index is 385. The fourth-order valence-electron chi connectivity index (χ4n) is 1.95. The molecule has 1 aliphatic heterocycles. The number of rotatable bonds is 5. The average molecular weight is 254 g/mol. The van der Waals surface area contributed by atoms with Crippen molar-refractivity contribution >= 4 is 5.91 Å². The Labute approximate surface area is 105 Å². The van der Waals surface area contributed by atoms with Crippen LogP contribution in [0.15, 0.2) is 16.7 Å². The smallest absolute Gasteiger partial charge is 0.268 e. The Balaban J connectivity index is 1.79. The first-order valence-electron chi connectivity index (χ1n) is 6.08. The van der Waals surface area contributed by atoms with Crippen LogP contribution in [0.5, 0.6) is 0 Å². The minimum Gasteiger partial charge on any atom is -0.466 e. The number of nitrogen functional groups attached to an aromatic ring is 1. The van der Waals surface area contributed by atoms with Crippen molar-refractivity contribution in [3.8, 4) is 0 Å². The van der Waals surface area contributed by atoms with Gasteiger partial charge in [0.15, 0.2) is 0 Å². The van der Waals surface area contributed by atoms with Crippen molar-refractivity contribution in [3.63, 3.8) is 0 Å². The van der Waals surface area contributed by atoms with E-state index in [4.69, 9.17) is 19.7 Å². The highest BCUT2D eigenvalue weighted by Gasteiger charge is 2.16. The van der Waals surface area contributed by atoms with Crippen molar-refractivity contribution in [1.82, 2.24) is 5.43 Å². The molecule has 6 nitrogen and oxygen atoms in total. The molecule has 0 aromatic carbocycles. The fourth-order valence-corrected chi connectivity index (χ4v) is 1.95. The highest BCUT2D eigenvalue weighted by Crippen LogP contribution is 2.15. The molecular weight excluding hydrogens is 236 g/mol. The van der Waals surface area contributed by atoms with Gasteiger partial charge >= 0.3 is 0 Å². The van der Waals surface area contributed by atoms with E-state index in [2.05, 4.69) is 5.43 Å². The maximum atomic E-state index is 11.4. The summed E-state index contributed by atoms with van der Waals surface area (Å²) in [4.78, 5) is 11.4. The second-order valence-corrected chi connectivity index (χ2v) is 4.23. The minimum atomic E-state index is -0.378. The second-order valence-electron chi connectivity index (χ2n) is 4.23. The number of carbonyl (C=O) groups excluding carboxylic acids is 1. The third-order valence-corrected chi connectivity index (χ3v) is 2.93. The minimum absolute atomic E-state index is 0.153. The summed E-state index contributed by atoms with van der Waals surface area (Å²) < 4.78 is 16.2. The number of hydrogen-bond donors (Lipinski definition) is 2. The third-order valence-electron chi connectivity index (χ3n) is 2.93. The number of ether oxygens (including phenoxy) is 2. The first-order valence-corrected chi connectivity index (χ1v) is 6.08. The Morgan fingerprint density at radius 2 is 2.44 bits per heavy atom. The number of hydrazine groups is 1. The molecule has 0 spiro atoms. The van der Waals surface area contributed by atoms with Gasteiger partial charge in [0, 0.05) is 6.61 Å². The van der Waals surface area contributed by atoms with E-state index in [1.54, 1.807) is 6.07 Å². The predicted octanol–water partition coefficient (Wildman–Crippen LogP) is 0.969. The van der Waals surface area contributed by atoms with Crippen molar-refractivity contribution in [3.05, 3.63) is 23.7 Å². The average Bonchev–Trinajstić information content (AvgIpc) is 2.87. The predicted molar refractivity (Wildman–Crippen MR) is 63.6 cm³/mol. The van der Waals surface area contributed by atoms with Gasteiger partial charge in [-0.15, -0.1) is 0 Å². The van der Waals surface area contributed by atoms with Gasteiger partial charge in [0.05, 0.1) is 24.5 Å². The summed E-state index contributed by atoms with van der Waals surface area (Å²) in [5.41, 5.74) is 2.47. The van der Waals surface area contributed by atoms with Crippen LogP contribution in [0.3, 0.4) is 0 Å². The highest BCUT2D eigenvalue weighted by atomic mass is 16.5. The largest absolute Gasteiger partial charge is 0.466 e. The van der Waals surface area contributed by atoms with Crippen LogP contribution in [0.25, 0.3) is 0 Å². The summed E-state index contributed by atoms with van der Waals surface area (Å²) in [6.07, 6.45) is 4.92. The zero-order chi connectivity index (χ0) is 12.8. The standard InChI is InChI=1S/C12H18N2O4/c13-14-12(15)10-4-6-18-11(10)8-16-7-9-3-1-2-5-17-9/h4,6,9H,1-3,5,7-8,13H2,(H,14,15). The molecule has 0 bridgehead atoms. The molecule has 18 heavy (non-hydrogen) atoms. The number of nitrogens with one attached hydrogen (secondary N) is 1. The van der Waals surface area contributed by atoms with Crippen LogP contribution in [-0.4, -0.2) is 25.2 Å². The van der Waals surface area contributed by atoms with Gasteiger partial charge in [-0.3, -0.25) is 10.2 Å². The van der Waals surface area contributed by atoms with Crippen LogP contribution < -0.4 is 11.3 Å². The summed E-state index contributed by atoms with van der Waals surface area (Å²) in [6.45, 7) is 1.57. The van der Waals surface area contributed by atoms with Crippen LogP contribution in [-0.2, 0) is 16.1 Å². The molecule has 1 fully saturated rings. The maximum Gasteiger partial charge on any atom is 0.268 e. The fraction of sp³-hybridized carbons (Fsp3) is 0.583. The zero-order valence-electron chi connectivity index (χ0n) is 10.2. The molecule has 2 heterocycles. The topological polar surface area (TPSA) is 86.7 Å². The molecule has 1 aromatic heterocycles. The lowest BCUT2D eigenvalue weighted by molar-refractivity contribution is -0.0472. The molecule has 100 valence electrons. The molecule has 1 aromatic rings. The van der Waals surface area contributed by atoms with E-state index in [0.717, 1.165) is 19.4 Å². The molecular formula is C12H18N2O4. The van der Waals surface area contributed by atoms with Gasteiger partial charge in [-0.05, 0) is 25.3 Å². The van der Waals surface area contributed by atoms with Gasteiger partial charge in [-0.1, -0.05) is 0 Å². The van der Waals surface area contributed by atoms with Crippen LogP contribution in [0.2, 0.25) is 0 Å². The summed E-state index contributed by atoms with van der Waals surface area (Å²) in [5.74, 6) is 5.18. The van der Waals surface area contributed by atoms with Gasteiger partial charge in [-0.2, -0.15) is 0 Å². The lowest BCUT2D eigenvalue weighted by Crippen LogP contribution is -2.30. The number of amides is 1. The van der Waals surface area contributed by atoms with Gasteiger partial charge in [0.2, 0.25) is 0 Å². The molecule has 0 saturated carbocycles. The monoisotopic (exact) mass is 254 g/mol. The van der Waals surface area contributed by atoms with Gasteiger partial charge in [-0.25, -0.2) is 5.84 Å². The van der Waals surface area contributed by atoms with E-state index in [-0.39, 0.29) is 18.6 Å². The molecule has 0 aliphatic carbocycles. The quantitative estimate of drug-likeness (QED) is 0.464. The van der Waals surface area contributed by atoms with Crippen molar-refractivity contribution < 1.29 is 18.7 Å². The van der Waals surface area contributed by atoms with Crippen LogP contribution in [0.1, 0.15) is 35.4 Å². The summed E-state index contributed by atoms with van der Waals surface area (Å²) in [6, 6.07) is 1.57. The van der Waals surface area contributed by atoms with Crippen molar-refractivity contribution in [2.24, 2.45) is 5.84 Å². The van der Waals surface area contributed by atoms with E-state index in [0.29, 0.717) is 17.9 Å².